The third kappa shape index (κ3) is 2.94. The summed E-state index contributed by atoms with van der Waals surface area (Å²) in [6.07, 6.45) is 0. The third-order valence-corrected chi connectivity index (χ3v) is 3.58. The van der Waals surface area contributed by atoms with Crippen LogP contribution in [0.25, 0.3) is 11.0 Å². The highest BCUT2D eigenvalue weighted by atomic mass is 16.2. The second kappa shape index (κ2) is 6.57. The minimum absolute atomic E-state index is 0.132. The summed E-state index contributed by atoms with van der Waals surface area (Å²) >= 11 is 0. The van der Waals surface area contributed by atoms with E-state index in [0.29, 0.717) is 36.2 Å². The molecule has 0 saturated heterocycles. The number of likely N-dealkylation sites (N-methyl/N-ethyl adjacent to an activating group) is 2. The van der Waals surface area contributed by atoms with Crippen molar-refractivity contribution in [1.82, 2.24) is 19.8 Å². The van der Waals surface area contributed by atoms with Crippen LogP contribution in [0.4, 0.5) is 0 Å². The normalized spacial score (nSPS) is 10.9. The summed E-state index contributed by atoms with van der Waals surface area (Å²) in [7, 11) is 3.54. The first-order valence-corrected chi connectivity index (χ1v) is 7.16. The van der Waals surface area contributed by atoms with E-state index < -0.39 is 11.1 Å². The number of amides is 1. The van der Waals surface area contributed by atoms with Gasteiger partial charge in [0, 0.05) is 32.2 Å². The molecule has 0 bridgehead atoms. The maximum absolute atomic E-state index is 12.3. The lowest BCUT2D eigenvalue weighted by Gasteiger charge is -2.17. The molecule has 0 aliphatic rings. The predicted molar refractivity (Wildman–Crippen MR) is 85.4 cm³/mol. The first-order chi connectivity index (χ1) is 10.5. The summed E-state index contributed by atoms with van der Waals surface area (Å²) < 4.78 is 1.40. The molecule has 2 N–H and O–H groups in total. The van der Waals surface area contributed by atoms with Gasteiger partial charge in [0.25, 0.3) is 5.91 Å². The predicted octanol–water partition coefficient (Wildman–Crippen LogP) is 0.00110. The van der Waals surface area contributed by atoms with Crippen LogP contribution in [0, 0.1) is 0 Å². The summed E-state index contributed by atoms with van der Waals surface area (Å²) in [5, 5.41) is 2.98. The third-order valence-electron chi connectivity index (χ3n) is 3.58. The number of H-pyrrole nitrogens is 1. The summed E-state index contributed by atoms with van der Waals surface area (Å²) in [5.74, 6) is -0.132. The fourth-order valence-corrected chi connectivity index (χ4v) is 2.33. The van der Waals surface area contributed by atoms with Crippen molar-refractivity contribution in [2.45, 2.75) is 13.5 Å². The molecule has 7 heteroatoms. The molecular weight excluding hydrogens is 284 g/mol. The molecule has 0 unspecified atom stereocenters. The van der Waals surface area contributed by atoms with E-state index in [4.69, 9.17) is 0 Å². The topological polar surface area (TPSA) is 87.2 Å². The van der Waals surface area contributed by atoms with E-state index in [9.17, 15) is 14.4 Å². The van der Waals surface area contributed by atoms with Crippen LogP contribution in [0.5, 0.6) is 0 Å². The number of rotatable bonds is 5. The van der Waals surface area contributed by atoms with Crippen LogP contribution in [0.3, 0.4) is 0 Å². The second-order valence-corrected chi connectivity index (χ2v) is 5.07. The molecule has 0 atom stereocenters. The summed E-state index contributed by atoms with van der Waals surface area (Å²) in [6, 6.07) is 4.97. The number of hydrogen-bond donors (Lipinski definition) is 2. The van der Waals surface area contributed by atoms with Crippen molar-refractivity contribution in [2.75, 3.05) is 27.2 Å². The van der Waals surface area contributed by atoms with Crippen LogP contribution in [0.2, 0.25) is 0 Å². The van der Waals surface area contributed by atoms with Gasteiger partial charge in [-0.2, -0.15) is 0 Å². The Morgan fingerprint density at radius 2 is 2.09 bits per heavy atom. The molecule has 0 aliphatic heterocycles. The fourth-order valence-electron chi connectivity index (χ4n) is 2.33. The standard InChI is InChI=1S/C15H20N4O3/c1-4-19-12-6-5-10(14(21)18(3)8-7-16-2)9-11(12)17-13(20)15(19)22/h5-6,9,16H,4,7-8H2,1-3H3,(H,17,20). The first-order valence-electron chi connectivity index (χ1n) is 7.16. The van der Waals surface area contributed by atoms with Crippen LogP contribution < -0.4 is 16.4 Å². The van der Waals surface area contributed by atoms with Crippen molar-refractivity contribution < 1.29 is 4.79 Å². The average molecular weight is 304 g/mol. The summed E-state index contributed by atoms with van der Waals surface area (Å²) in [5.41, 5.74) is 0.312. The van der Waals surface area contributed by atoms with Crippen LogP contribution in [-0.4, -0.2) is 47.5 Å². The van der Waals surface area contributed by atoms with Crippen LogP contribution >= 0.6 is 0 Å². The zero-order valence-electron chi connectivity index (χ0n) is 13.0. The van der Waals surface area contributed by atoms with E-state index in [2.05, 4.69) is 10.3 Å². The quantitative estimate of drug-likeness (QED) is 0.761. The first kappa shape index (κ1) is 16.0. The Balaban J connectivity index is 2.47. The van der Waals surface area contributed by atoms with Gasteiger partial charge in [0.15, 0.2) is 0 Å². The maximum Gasteiger partial charge on any atom is 0.316 e. The van der Waals surface area contributed by atoms with Gasteiger partial charge in [-0.1, -0.05) is 0 Å². The monoisotopic (exact) mass is 304 g/mol. The minimum Gasteiger partial charge on any atom is -0.340 e. The number of benzene rings is 1. The highest BCUT2D eigenvalue weighted by molar-refractivity contribution is 5.97. The van der Waals surface area contributed by atoms with Gasteiger partial charge in [-0.3, -0.25) is 14.4 Å². The van der Waals surface area contributed by atoms with E-state index in [1.165, 1.54) is 4.57 Å². The number of fused-ring (bicyclic) bond motifs is 1. The summed E-state index contributed by atoms with van der Waals surface area (Å²) in [4.78, 5) is 40.0. The number of carbonyl (C=O) groups excluding carboxylic acids is 1. The molecule has 2 rings (SSSR count). The van der Waals surface area contributed by atoms with E-state index in [1.54, 1.807) is 37.1 Å². The zero-order valence-corrected chi connectivity index (χ0v) is 13.0. The molecular formula is C15H20N4O3. The van der Waals surface area contributed by atoms with Gasteiger partial charge in [-0.05, 0) is 32.2 Å². The Labute approximate surface area is 127 Å². The van der Waals surface area contributed by atoms with Crippen molar-refractivity contribution in [1.29, 1.82) is 0 Å². The molecule has 0 spiro atoms. The molecule has 1 amide bonds. The molecule has 0 aliphatic carbocycles. The van der Waals surface area contributed by atoms with Gasteiger partial charge in [0.2, 0.25) is 0 Å². The van der Waals surface area contributed by atoms with E-state index >= 15 is 0 Å². The lowest BCUT2D eigenvalue weighted by Crippen LogP contribution is -2.36. The van der Waals surface area contributed by atoms with E-state index in [1.807, 2.05) is 7.05 Å². The number of nitrogens with one attached hydrogen (secondary N) is 2. The van der Waals surface area contributed by atoms with Crippen molar-refractivity contribution in [2.24, 2.45) is 0 Å². The van der Waals surface area contributed by atoms with Gasteiger partial charge in [0.1, 0.15) is 0 Å². The average Bonchev–Trinajstić information content (AvgIpc) is 2.52. The molecule has 22 heavy (non-hydrogen) atoms. The number of nitrogens with zero attached hydrogens (tertiary/aromatic N) is 2. The van der Waals surface area contributed by atoms with Crippen molar-refractivity contribution in [3.63, 3.8) is 0 Å². The molecule has 1 aromatic carbocycles. The van der Waals surface area contributed by atoms with E-state index in [0.717, 1.165) is 0 Å². The van der Waals surface area contributed by atoms with Crippen LogP contribution in [0.1, 0.15) is 17.3 Å². The lowest BCUT2D eigenvalue weighted by molar-refractivity contribution is 0.0797. The number of aryl methyl sites for hydroxylation is 1. The smallest absolute Gasteiger partial charge is 0.316 e. The minimum atomic E-state index is -0.678. The Hall–Kier alpha value is -2.41. The Kier molecular flexibility index (Phi) is 4.77. The van der Waals surface area contributed by atoms with Gasteiger partial charge in [-0.15, -0.1) is 0 Å². The number of hydrogen-bond acceptors (Lipinski definition) is 4. The van der Waals surface area contributed by atoms with Crippen LogP contribution in [-0.2, 0) is 6.54 Å². The molecule has 2 aromatic rings. The van der Waals surface area contributed by atoms with Gasteiger partial charge < -0.3 is 19.8 Å². The maximum atomic E-state index is 12.3. The highest BCUT2D eigenvalue weighted by Gasteiger charge is 2.13. The van der Waals surface area contributed by atoms with Gasteiger partial charge in [0.05, 0.1) is 11.0 Å². The lowest BCUT2D eigenvalue weighted by atomic mass is 10.1. The molecule has 7 nitrogen and oxygen atoms in total. The fraction of sp³-hybridized carbons (Fsp3) is 0.400. The van der Waals surface area contributed by atoms with Crippen molar-refractivity contribution in [3.05, 3.63) is 44.5 Å². The molecule has 0 saturated carbocycles. The molecule has 1 aromatic heterocycles. The molecule has 118 valence electrons. The van der Waals surface area contributed by atoms with E-state index in [-0.39, 0.29) is 5.91 Å². The molecule has 0 fully saturated rings. The SMILES string of the molecule is CCn1c(=O)c(=O)[nH]c2cc(C(=O)N(C)CCNC)ccc21. The largest absolute Gasteiger partial charge is 0.340 e. The van der Waals surface area contributed by atoms with Crippen molar-refractivity contribution >= 4 is 16.9 Å². The Bertz CT molecular complexity index is 807. The Morgan fingerprint density at radius 1 is 1.36 bits per heavy atom. The van der Waals surface area contributed by atoms with Crippen LogP contribution in [0.15, 0.2) is 27.8 Å². The number of carbonyl (C=O) groups is 1. The number of aromatic amines is 1. The molecule has 0 radical (unpaired) electrons. The second-order valence-electron chi connectivity index (χ2n) is 5.07. The molecule has 1 heterocycles. The van der Waals surface area contributed by atoms with Gasteiger partial charge >= 0.3 is 11.1 Å². The Morgan fingerprint density at radius 3 is 2.73 bits per heavy atom. The highest BCUT2D eigenvalue weighted by Crippen LogP contribution is 2.13. The van der Waals surface area contributed by atoms with Crippen molar-refractivity contribution in [3.8, 4) is 0 Å². The van der Waals surface area contributed by atoms with Gasteiger partial charge in [-0.25, -0.2) is 0 Å². The zero-order chi connectivity index (χ0) is 16.3. The summed E-state index contributed by atoms with van der Waals surface area (Å²) in [6.45, 7) is 3.47. The number of aromatic nitrogens is 2.